The summed E-state index contributed by atoms with van der Waals surface area (Å²) in [5.41, 5.74) is 11.2. The number of thioether (sulfide) groups is 3. The summed E-state index contributed by atoms with van der Waals surface area (Å²) in [6, 6.07) is 0.984. The Bertz CT molecular complexity index is 1560. The van der Waals surface area contributed by atoms with Gasteiger partial charge in [-0.1, -0.05) is 16.9 Å². The van der Waals surface area contributed by atoms with Crippen molar-refractivity contribution in [2.24, 2.45) is 10.9 Å². The van der Waals surface area contributed by atoms with Gasteiger partial charge in [0.2, 0.25) is 6.61 Å². The van der Waals surface area contributed by atoms with E-state index in [9.17, 15) is 29.5 Å². The van der Waals surface area contributed by atoms with Crippen LogP contribution < -0.4 is 16.8 Å². The molecule has 0 aromatic carbocycles. The topological polar surface area (TPSA) is 271 Å². The number of anilines is 1. The molecular weight excluding hydrogens is 651 g/mol. The molecule has 1 saturated heterocycles. The van der Waals surface area contributed by atoms with Crippen LogP contribution in [-0.4, -0.2) is 95.1 Å². The van der Waals surface area contributed by atoms with E-state index in [1.165, 1.54) is 28.9 Å². The first-order chi connectivity index (χ1) is 20.0. The molecule has 0 radical (unpaired) electrons. The van der Waals surface area contributed by atoms with Crippen LogP contribution in [0.1, 0.15) is 11.3 Å². The van der Waals surface area contributed by atoms with E-state index < -0.39 is 47.5 Å². The molecule has 2 atom stereocenters. The summed E-state index contributed by atoms with van der Waals surface area (Å²) in [4.78, 5) is 58.9. The summed E-state index contributed by atoms with van der Waals surface area (Å²) in [7, 11) is 0. The second-order valence-corrected chi connectivity index (χ2v) is 13.1. The Balaban J connectivity index is 1.48. The first-order valence-corrected chi connectivity index (χ1v) is 16.0. The number of thiazole rings is 1. The highest BCUT2D eigenvalue weighted by Crippen LogP contribution is 2.43. The van der Waals surface area contributed by atoms with Gasteiger partial charge in [-0.25, -0.2) is 14.6 Å². The number of amidine groups is 1. The second-order valence-electron chi connectivity index (χ2n) is 8.16. The number of carbonyl (C=O) groups is 4. The molecule has 0 aliphatic carbocycles. The first kappa shape index (κ1) is 31.1. The maximum atomic E-state index is 13.1. The molecule has 4 rings (SSSR count). The number of rotatable bonds is 13. The van der Waals surface area contributed by atoms with Crippen molar-refractivity contribution in [1.29, 1.82) is 10.7 Å². The molecule has 0 unspecified atom stereocenters. The number of hydrogen-bond donors (Lipinski definition) is 6. The van der Waals surface area contributed by atoms with Crippen LogP contribution in [0, 0.1) is 16.7 Å². The number of carbonyl (C=O) groups excluding carboxylic acids is 2. The molecule has 0 saturated carbocycles. The number of nitrogens with one attached hydrogen (secondary N) is 2. The number of β-lactam (4-membered cyclic amide) rings is 1. The smallest absolute Gasteiger partial charge is 0.352 e. The number of nitrogens with two attached hydrogens (primary N) is 2. The monoisotopic (exact) mass is 669 g/mol. The second kappa shape index (κ2) is 13.4. The van der Waals surface area contributed by atoms with Crippen LogP contribution in [0.3, 0.4) is 0 Å². The van der Waals surface area contributed by atoms with E-state index in [1.54, 1.807) is 0 Å². The Hall–Kier alpha value is -3.84. The van der Waals surface area contributed by atoms with Gasteiger partial charge in [0, 0.05) is 16.9 Å². The van der Waals surface area contributed by atoms with Crippen molar-refractivity contribution in [1.82, 2.24) is 19.6 Å². The Morgan fingerprint density at radius 2 is 2.12 bits per heavy atom. The number of nitriles is 1. The van der Waals surface area contributed by atoms with E-state index in [0.29, 0.717) is 20.4 Å². The number of amides is 2. The number of nitrogens with zero attached hydrogens (tertiary/aromatic N) is 5. The molecule has 8 N–H and O–H groups in total. The lowest BCUT2D eigenvalue weighted by Gasteiger charge is -2.49. The SMILES string of the molecule is N#Cc1c(SCC(=N)N)nsc1SCC1=C(C(=O)O)N2C(=O)[C@@H](NC(=O)/C(=N\OCC(=O)O)c3csc(N)n3)[C@@H]2SC1. The minimum absolute atomic E-state index is 0.00778. The first-order valence-electron chi connectivity index (χ1n) is 11.3. The van der Waals surface area contributed by atoms with Crippen LogP contribution in [0.2, 0.25) is 0 Å². The number of aliphatic carboxylic acids is 2. The fourth-order valence-corrected chi connectivity index (χ4v) is 8.49. The maximum absolute atomic E-state index is 13.1. The van der Waals surface area contributed by atoms with Crippen molar-refractivity contribution >= 4 is 98.6 Å². The van der Waals surface area contributed by atoms with Gasteiger partial charge >= 0.3 is 11.9 Å². The minimum atomic E-state index is -1.33. The average Bonchev–Trinajstić information content (AvgIpc) is 3.55. The fourth-order valence-electron chi connectivity index (χ4n) is 3.61. The van der Waals surface area contributed by atoms with Crippen LogP contribution in [0.15, 0.2) is 31.0 Å². The molecule has 2 aliphatic rings. The van der Waals surface area contributed by atoms with Crippen molar-refractivity contribution in [3.8, 4) is 6.07 Å². The van der Waals surface area contributed by atoms with Crippen LogP contribution >= 0.6 is 58.2 Å². The van der Waals surface area contributed by atoms with Crippen LogP contribution in [-0.2, 0) is 24.0 Å². The number of oxime groups is 1. The number of aromatic nitrogens is 2. The molecule has 2 amide bonds. The molecule has 2 aliphatic heterocycles. The summed E-state index contributed by atoms with van der Waals surface area (Å²) < 4.78 is 4.80. The standard InChI is InChI=1S/C21H19N9O7S5/c22-1-8-16(38-6-10(23)24)29-42-20(8)40-4-7-3-39-18-13(17(34)30(18)14(7)19(35)36)27-15(33)12(28-37-2-11(31)32)9-5-41-21(25)26-9/h5,13,18H,2-4,6H2,(H3,23,24)(H2,25,26)(H,27,33)(H,31,32)(H,35,36)/b28-12-/t13-,18+/m1/s1. The number of nitrogen functional groups attached to an aromatic ring is 1. The quantitative estimate of drug-likeness (QED) is 0.0554. The van der Waals surface area contributed by atoms with E-state index in [4.69, 9.17) is 26.8 Å². The zero-order valence-electron chi connectivity index (χ0n) is 20.9. The normalized spacial score (nSPS) is 18.1. The van der Waals surface area contributed by atoms with Gasteiger partial charge in [0.1, 0.15) is 45.3 Å². The predicted molar refractivity (Wildman–Crippen MR) is 157 cm³/mol. The molecule has 1 fully saturated rings. The number of hydrogen-bond acceptors (Lipinski definition) is 16. The zero-order valence-corrected chi connectivity index (χ0v) is 25.0. The summed E-state index contributed by atoms with van der Waals surface area (Å²) in [6.07, 6.45) is 0. The van der Waals surface area contributed by atoms with Gasteiger partial charge in [0.25, 0.3) is 11.8 Å². The molecule has 0 bridgehead atoms. The molecule has 21 heteroatoms. The number of carboxylic acids is 2. The van der Waals surface area contributed by atoms with Crippen LogP contribution in [0.4, 0.5) is 5.13 Å². The van der Waals surface area contributed by atoms with Gasteiger partial charge in [-0.05, 0) is 17.1 Å². The lowest BCUT2D eigenvalue weighted by Crippen LogP contribution is -2.71. The van der Waals surface area contributed by atoms with E-state index in [2.05, 4.69) is 25.9 Å². The third kappa shape index (κ3) is 6.79. The van der Waals surface area contributed by atoms with E-state index >= 15 is 0 Å². The number of carboxylic acid groups (broad SMARTS) is 2. The van der Waals surface area contributed by atoms with E-state index in [1.807, 2.05) is 0 Å². The van der Waals surface area contributed by atoms with Crippen LogP contribution in [0.5, 0.6) is 0 Å². The molecule has 220 valence electrons. The highest BCUT2D eigenvalue weighted by Gasteiger charge is 2.54. The van der Waals surface area contributed by atoms with Crippen molar-refractivity contribution in [3.63, 3.8) is 0 Å². The average molecular weight is 670 g/mol. The fraction of sp³-hybridized carbons (Fsp3) is 0.286. The molecule has 2 aromatic heterocycles. The minimum Gasteiger partial charge on any atom is -0.479 e. The summed E-state index contributed by atoms with van der Waals surface area (Å²) >= 11 is 5.69. The molecule has 16 nitrogen and oxygen atoms in total. The van der Waals surface area contributed by atoms with Gasteiger partial charge in [-0.15, -0.1) is 34.9 Å². The van der Waals surface area contributed by atoms with E-state index in [0.717, 1.165) is 39.5 Å². The highest BCUT2D eigenvalue weighted by atomic mass is 32.2. The van der Waals surface area contributed by atoms with Gasteiger partial charge in [-0.2, -0.15) is 9.64 Å². The molecular formula is C21H19N9O7S5. The van der Waals surface area contributed by atoms with Crippen molar-refractivity contribution in [2.45, 2.75) is 20.7 Å². The van der Waals surface area contributed by atoms with Crippen molar-refractivity contribution < 1.29 is 34.2 Å². The van der Waals surface area contributed by atoms with Crippen LogP contribution in [0.25, 0.3) is 0 Å². The summed E-state index contributed by atoms with van der Waals surface area (Å²) in [6.45, 7) is -0.825. The van der Waals surface area contributed by atoms with Gasteiger partial charge in [0.15, 0.2) is 10.8 Å². The van der Waals surface area contributed by atoms with Gasteiger partial charge in [-0.3, -0.25) is 19.9 Å². The third-order valence-corrected chi connectivity index (χ3v) is 10.7. The Kier molecular flexibility index (Phi) is 9.94. The largest absolute Gasteiger partial charge is 0.479 e. The Morgan fingerprint density at radius 3 is 2.74 bits per heavy atom. The highest BCUT2D eigenvalue weighted by molar-refractivity contribution is 8.02. The lowest BCUT2D eigenvalue weighted by atomic mass is 10.0. The number of fused-ring (bicyclic) bond motifs is 1. The summed E-state index contributed by atoms with van der Waals surface area (Å²) in [5, 5.41) is 43.0. The molecule has 42 heavy (non-hydrogen) atoms. The molecule has 4 heterocycles. The van der Waals surface area contributed by atoms with E-state index in [-0.39, 0.29) is 39.6 Å². The summed E-state index contributed by atoms with van der Waals surface area (Å²) in [5.74, 6) is -3.70. The third-order valence-electron chi connectivity index (χ3n) is 5.34. The van der Waals surface area contributed by atoms with Gasteiger partial charge < -0.3 is 31.8 Å². The Labute approximate surface area is 257 Å². The maximum Gasteiger partial charge on any atom is 0.352 e. The van der Waals surface area contributed by atoms with Crippen molar-refractivity contribution in [2.75, 3.05) is 29.6 Å². The van der Waals surface area contributed by atoms with Gasteiger partial charge in [0.05, 0.1) is 9.96 Å². The molecule has 2 aromatic rings. The molecule has 0 spiro atoms. The predicted octanol–water partition coefficient (Wildman–Crippen LogP) is 0.418. The van der Waals surface area contributed by atoms with Crippen molar-refractivity contribution in [3.05, 3.63) is 27.9 Å². The Morgan fingerprint density at radius 1 is 1.36 bits per heavy atom. The lowest BCUT2D eigenvalue weighted by molar-refractivity contribution is -0.150. The zero-order chi connectivity index (χ0) is 30.6.